The van der Waals surface area contributed by atoms with Gasteiger partial charge in [-0.1, -0.05) is 24.3 Å². The van der Waals surface area contributed by atoms with Crippen molar-refractivity contribution in [2.24, 2.45) is 0 Å². The molecule has 0 heterocycles. The molecule has 0 saturated carbocycles. The second kappa shape index (κ2) is 7.73. The second-order valence-corrected chi connectivity index (χ2v) is 4.22. The number of hydrogen-bond donors (Lipinski definition) is 0. The molecule has 0 fully saturated rings. The van der Waals surface area contributed by atoms with Gasteiger partial charge in [0.1, 0.15) is 17.2 Å². The summed E-state index contributed by atoms with van der Waals surface area (Å²) in [5, 5.41) is 25.6. The van der Waals surface area contributed by atoms with Crippen LogP contribution in [0.1, 0.15) is 11.1 Å². The molecule has 0 spiro atoms. The number of nitrogens with zero attached hydrogens (tertiary/aromatic N) is 3. The molecule has 110 valence electrons. The summed E-state index contributed by atoms with van der Waals surface area (Å²) in [4.78, 5) is 0. The van der Waals surface area contributed by atoms with E-state index < -0.39 is 0 Å². The predicted octanol–water partition coefficient (Wildman–Crippen LogP) is 3.44. The van der Waals surface area contributed by atoms with Gasteiger partial charge in [-0.3, -0.25) is 0 Å². The molecule has 2 aromatic rings. The van der Waals surface area contributed by atoms with Crippen LogP contribution in [0.2, 0.25) is 0 Å². The van der Waals surface area contributed by atoms with Crippen molar-refractivity contribution in [2.45, 2.75) is 0 Å². The van der Waals surface area contributed by atoms with Gasteiger partial charge >= 0.3 is 0 Å². The lowest BCUT2D eigenvalue weighted by Crippen LogP contribution is -1.87. The molecule has 0 aliphatic heterocycles. The summed E-state index contributed by atoms with van der Waals surface area (Å²) in [5.74, 6) is 1.01. The van der Waals surface area contributed by atoms with Crippen molar-refractivity contribution in [2.75, 3.05) is 0 Å². The van der Waals surface area contributed by atoms with E-state index in [-0.39, 0.29) is 11.5 Å². The van der Waals surface area contributed by atoms with E-state index in [4.69, 9.17) is 30.0 Å². The minimum absolute atomic E-state index is 0.276. The number of ether oxygens (including phenoxy) is 3. The zero-order valence-corrected chi connectivity index (χ0v) is 11.8. The van der Waals surface area contributed by atoms with E-state index >= 15 is 0 Å². The molecule has 0 N–H and O–H groups in total. The van der Waals surface area contributed by atoms with Crippen molar-refractivity contribution < 1.29 is 14.2 Å². The fourth-order valence-electron chi connectivity index (χ4n) is 1.81. The molecule has 2 rings (SSSR count). The molecule has 0 aromatic heterocycles. The number of nitriles is 3. The first kappa shape index (κ1) is 15.4. The van der Waals surface area contributed by atoms with Crippen LogP contribution in [0.3, 0.4) is 0 Å². The van der Waals surface area contributed by atoms with Crippen molar-refractivity contribution in [3.63, 3.8) is 0 Å². The van der Waals surface area contributed by atoms with Gasteiger partial charge in [-0.2, -0.15) is 0 Å². The van der Waals surface area contributed by atoms with Crippen LogP contribution < -0.4 is 14.2 Å². The topological polar surface area (TPSA) is 99.1 Å². The molecule has 0 unspecified atom stereocenters. The third-order valence-electron chi connectivity index (χ3n) is 2.74. The summed E-state index contributed by atoms with van der Waals surface area (Å²) in [6.07, 6.45) is 8.33. The molecule has 0 amide bonds. The summed E-state index contributed by atoms with van der Waals surface area (Å²) < 4.78 is 14.2. The van der Waals surface area contributed by atoms with E-state index in [0.717, 1.165) is 5.56 Å². The number of hydrogen-bond acceptors (Lipinski definition) is 6. The summed E-state index contributed by atoms with van der Waals surface area (Å²) in [6, 6.07) is 11.6. The minimum Gasteiger partial charge on any atom is -0.388 e. The van der Waals surface area contributed by atoms with E-state index in [9.17, 15) is 0 Å². The summed E-state index contributed by atoms with van der Waals surface area (Å²) >= 11 is 0. The number of benzene rings is 2. The maximum Gasteiger partial charge on any atom is 0.292 e. The highest BCUT2D eigenvalue weighted by Gasteiger charge is 2.02. The van der Waals surface area contributed by atoms with Gasteiger partial charge in [0, 0.05) is 6.07 Å². The lowest BCUT2D eigenvalue weighted by atomic mass is 10.1. The molecule has 2 aromatic carbocycles. The molecular weight excluding hydrogens is 294 g/mol. The summed E-state index contributed by atoms with van der Waals surface area (Å²) in [5.41, 5.74) is 1.57. The highest BCUT2D eigenvalue weighted by atomic mass is 16.5. The highest BCUT2D eigenvalue weighted by Crippen LogP contribution is 2.24. The second-order valence-electron chi connectivity index (χ2n) is 4.22. The first-order valence-electron chi connectivity index (χ1n) is 6.36. The van der Waals surface area contributed by atoms with Crippen molar-refractivity contribution in [1.82, 2.24) is 0 Å². The monoisotopic (exact) mass is 303 g/mol. The Hall–Kier alpha value is -3.95. The van der Waals surface area contributed by atoms with Crippen LogP contribution in [0.15, 0.2) is 42.5 Å². The van der Waals surface area contributed by atoms with Crippen molar-refractivity contribution >= 4 is 12.2 Å². The average Bonchev–Trinajstić information content (AvgIpc) is 2.55. The van der Waals surface area contributed by atoms with Crippen molar-refractivity contribution in [3.8, 4) is 36.0 Å². The molecule has 0 aliphatic rings. The third-order valence-corrected chi connectivity index (χ3v) is 2.74. The van der Waals surface area contributed by atoms with Crippen LogP contribution in [0, 0.1) is 34.6 Å². The maximum atomic E-state index is 8.58. The molecule has 6 heteroatoms. The first-order valence-corrected chi connectivity index (χ1v) is 6.36. The van der Waals surface area contributed by atoms with Gasteiger partial charge in [-0.15, -0.1) is 15.8 Å². The Balaban J connectivity index is 2.22. The van der Waals surface area contributed by atoms with Gasteiger partial charge < -0.3 is 14.2 Å². The molecule has 0 bridgehead atoms. The minimum atomic E-state index is 0.276. The van der Waals surface area contributed by atoms with Crippen LogP contribution in [0.25, 0.3) is 12.2 Å². The molecule has 0 atom stereocenters. The van der Waals surface area contributed by atoms with Crippen molar-refractivity contribution in [1.29, 1.82) is 15.8 Å². The van der Waals surface area contributed by atoms with Gasteiger partial charge in [0.05, 0.1) is 0 Å². The molecular formula is C17H9N3O3. The lowest BCUT2D eigenvalue weighted by molar-refractivity contribution is 0.483. The molecule has 23 heavy (non-hydrogen) atoms. The van der Waals surface area contributed by atoms with Gasteiger partial charge in [0.25, 0.3) is 18.8 Å². The quantitative estimate of drug-likeness (QED) is 0.619. The predicted molar refractivity (Wildman–Crippen MR) is 80.5 cm³/mol. The molecule has 0 aliphatic carbocycles. The van der Waals surface area contributed by atoms with Crippen LogP contribution in [-0.2, 0) is 0 Å². The third kappa shape index (κ3) is 4.53. The van der Waals surface area contributed by atoms with E-state index in [1.807, 2.05) is 6.08 Å². The largest absolute Gasteiger partial charge is 0.388 e. The zero-order chi connectivity index (χ0) is 16.5. The van der Waals surface area contributed by atoms with Gasteiger partial charge in [0.15, 0.2) is 0 Å². The molecule has 0 saturated heterocycles. The van der Waals surface area contributed by atoms with E-state index in [1.165, 1.54) is 6.07 Å². The summed E-state index contributed by atoms with van der Waals surface area (Å²) in [6.45, 7) is 0. The average molecular weight is 303 g/mol. The van der Waals surface area contributed by atoms with Crippen LogP contribution in [0.5, 0.6) is 17.2 Å². The van der Waals surface area contributed by atoms with Crippen molar-refractivity contribution in [3.05, 3.63) is 53.6 Å². The molecule has 0 radical (unpaired) electrons. The first-order chi connectivity index (χ1) is 11.2. The van der Waals surface area contributed by atoms with E-state index in [1.54, 1.807) is 61.2 Å². The van der Waals surface area contributed by atoms with Crippen LogP contribution >= 0.6 is 0 Å². The SMILES string of the molecule is N#COc1ccc(/C=C\c2cc(OC#N)cc(OC#N)c2)cc1. The molecule has 6 nitrogen and oxygen atoms in total. The Morgan fingerprint density at radius 2 is 1.09 bits per heavy atom. The zero-order valence-electron chi connectivity index (χ0n) is 11.8. The Morgan fingerprint density at radius 3 is 1.61 bits per heavy atom. The lowest BCUT2D eigenvalue weighted by Gasteiger charge is -2.02. The maximum absolute atomic E-state index is 8.58. The Morgan fingerprint density at radius 1 is 0.609 bits per heavy atom. The Kier molecular flexibility index (Phi) is 5.19. The van der Waals surface area contributed by atoms with Crippen LogP contribution in [0.4, 0.5) is 0 Å². The van der Waals surface area contributed by atoms with Gasteiger partial charge in [-0.05, 0) is 35.4 Å². The summed E-state index contributed by atoms with van der Waals surface area (Å²) in [7, 11) is 0. The van der Waals surface area contributed by atoms with Gasteiger partial charge in [0.2, 0.25) is 0 Å². The smallest absolute Gasteiger partial charge is 0.292 e. The normalized spacial score (nSPS) is 9.43. The fourth-order valence-corrected chi connectivity index (χ4v) is 1.81. The Bertz CT molecular complexity index is 803. The van der Waals surface area contributed by atoms with Crippen LogP contribution in [-0.4, -0.2) is 0 Å². The van der Waals surface area contributed by atoms with E-state index in [2.05, 4.69) is 0 Å². The Labute approximate surface area is 132 Å². The number of rotatable bonds is 5. The van der Waals surface area contributed by atoms with E-state index in [0.29, 0.717) is 11.3 Å². The standard InChI is InChI=1S/C17H9N3O3/c18-10-21-15-5-3-13(4-6-15)1-2-14-7-16(22-11-19)9-17(8-14)23-12-20/h1-9H/b2-1-. The fraction of sp³-hybridized carbons (Fsp3) is 0. The van der Waals surface area contributed by atoms with Gasteiger partial charge in [-0.25, -0.2) is 0 Å². The highest BCUT2D eigenvalue weighted by molar-refractivity contribution is 5.71.